The summed E-state index contributed by atoms with van der Waals surface area (Å²) < 4.78 is 5.36. The number of phenols is 1. The molecule has 0 spiro atoms. The Kier molecular flexibility index (Phi) is 2.51. The van der Waals surface area contributed by atoms with Crippen molar-refractivity contribution in [1.29, 1.82) is 0 Å². The molecule has 0 radical (unpaired) electrons. The molecule has 0 saturated heterocycles. The molecule has 0 amide bonds. The van der Waals surface area contributed by atoms with E-state index in [1.807, 2.05) is 12.1 Å². The SMILES string of the molecule is COc1cc2c3c(c1O)-c1ccccc1C[C@H]3NCC2. The van der Waals surface area contributed by atoms with E-state index in [0.717, 1.165) is 30.5 Å². The van der Waals surface area contributed by atoms with Crippen LogP contribution >= 0.6 is 0 Å². The maximum atomic E-state index is 10.6. The summed E-state index contributed by atoms with van der Waals surface area (Å²) in [6.07, 6.45) is 1.97. The summed E-state index contributed by atoms with van der Waals surface area (Å²) in [5.74, 6) is 0.850. The Morgan fingerprint density at radius 1 is 1.25 bits per heavy atom. The van der Waals surface area contributed by atoms with Crippen molar-refractivity contribution in [3.05, 3.63) is 47.0 Å². The van der Waals surface area contributed by atoms with E-state index in [9.17, 15) is 5.11 Å². The van der Waals surface area contributed by atoms with Crippen molar-refractivity contribution in [3.63, 3.8) is 0 Å². The molecular formula is C17H17NO2. The van der Waals surface area contributed by atoms with Gasteiger partial charge in [0.2, 0.25) is 0 Å². The standard InChI is InChI=1S/C17H17NO2/c1-20-14-9-11-6-7-18-13-8-10-4-2-3-5-12(10)16(15(11)13)17(14)19/h2-5,9,13,18-19H,6-8H2,1H3/t13-/m1/s1. The zero-order chi connectivity index (χ0) is 13.7. The van der Waals surface area contributed by atoms with Gasteiger partial charge in [-0.3, -0.25) is 0 Å². The molecule has 2 N–H and O–H groups in total. The summed E-state index contributed by atoms with van der Waals surface area (Å²) in [4.78, 5) is 0. The molecule has 3 nitrogen and oxygen atoms in total. The van der Waals surface area contributed by atoms with Gasteiger partial charge in [-0.1, -0.05) is 24.3 Å². The van der Waals surface area contributed by atoms with Crippen LogP contribution in [0.2, 0.25) is 0 Å². The number of hydrogen-bond donors (Lipinski definition) is 2. The average molecular weight is 267 g/mol. The number of fused-ring (bicyclic) bond motifs is 2. The first-order valence-corrected chi connectivity index (χ1v) is 7.04. The molecule has 0 saturated carbocycles. The molecule has 1 aliphatic heterocycles. The molecule has 4 rings (SSSR count). The normalized spacial score (nSPS) is 19.1. The first-order chi connectivity index (χ1) is 9.79. The number of phenolic OH excluding ortho intramolecular Hbond substituents is 1. The molecule has 2 aromatic rings. The van der Waals surface area contributed by atoms with Crippen LogP contribution in [0.3, 0.4) is 0 Å². The van der Waals surface area contributed by atoms with Gasteiger partial charge in [-0.15, -0.1) is 0 Å². The van der Waals surface area contributed by atoms with E-state index in [4.69, 9.17) is 4.74 Å². The van der Waals surface area contributed by atoms with Gasteiger partial charge in [0.1, 0.15) is 0 Å². The largest absolute Gasteiger partial charge is 0.504 e. The van der Waals surface area contributed by atoms with Crippen LogP contribution in [0.15, 0.2) is 30.3 Å². The van der Waals surface area contributed by atoms with Crippen molar-refractivity contribution in [1.82, 2.24) is 5.32 Å². The Bertz CT molecular complexity index is 694. The Balaban J connectivity index is 2.08. The number of benzene rings is 2. The lowest BCUT2D eigenvalue weighted by Crippen LogP contribution is -2.33. The topological polar surface area (TPSA) is 41.5 Å². The Hall–Kier alpha value is -2.00. The highest BCUT2D eigenvalue weighted by Crippen LogP contribution is 2.49. The minimum absolute atomic E-state index is 0.270. The van der Waals surface area contributed by atoms with E-state index in [0.29, 0.717) is 11.8 Å². The quantitative estimate of drug-likeness (QED) is 0.835. The van der Waals surface area contributed by atoms with Crippen LogP contribution in [0.4, 0.5) is 0 Å². The smallest absolute Gasteiger partial charge is 0.166 e. The first-order valence-electron chi connectivity index (χ1n) is 7.04. The lowest BCUT2D eigenvalue weighted by molar-refractivity contribution is 0.370. The summed E-state index contributed by atoms with van der Waals surface area (Å²) in [5.41, 5.74) is 5.94. The molecule has 102 valence electrons. The van der Waals surface area contributed by atoms with Crippen LogP contribution in [0, 0.1) is 0 Å². The van der Waals surface area contributed by atoms with E-state index in [1.54, 1.807) is 7.11 Å². The molecule has 2 aromatic carbocycles. The summed E-state index contributed by atoms with van der Waals surface area (Å²) in [5, 5.41) is 14.2. The Labute approximate surface area is 118 Å². The summed E-state index contributed by atoms with van der Waals surface area (Å²) in [7, 11) is 1.61. The fraction of sp³-hybridized carbons (Fsp3) is 0.294. The van der Waals surface area contributed by atoms with Crippen LogP contribution < -0.4 is 10.1 Å². The van der Waals surface area contributed by atoms with E-state index in [1.165, 1.54) is 16.7 Å². The van der Waals surface area contributed by atoms with E-state index in [2.05, 4.69) is 23.5 Å². The number of hydrogen-bond acceptors (Lipinski definition) is 3. The van der Waals surface area contributed by atoms with Crippen LogP contribution in [-0.4, -0.2) is 18.8 Å². The summed E-state index contributed by atoms with van der Waals surface area (Å²) in [6, 6.07) is 10.6. The Morgan fingerprint density at radius 3 is 2.95 bits per heavy atom. The maximum absolute atomic E-state index is 10.6. The third-order valence-corrected chi connectivity index (χ3v) is 4.46. The maximum Gasteiger partial charge on any atom is 0.166 e. The highest BCUT2D eigenvalue weighted by Gasteiger charge is 2.32. The minimum Gasteiger partial charge on any atom is -0.504 e. The van der Waals surface area contributed by atoms with Gasteiger partial charge in [-0.25, -0.2) is 0 Å². The van der Waals surface area contributed by atoms with Gasteiger partial charge in [0.25, 0.3) is 0 Å². The average Bonchev–Trinajstić information content (AvgIpc) is 2.49. The number of ether oxygens (including phenoxy) is 1. The van der Waals surface area contributed by atoms with Gasteiger partial charge in [0.15, 0.2) is 11.5 Å². The van der Waals surface area contributed by atoms with Crippen molar-refractivity contribution in [3.8, 4) is 22.6 Å². The monoisotopic (exact) mass is 267 g/mol. The molecule has 1 atom stereocenters. The zero-order valence-electron chi connectivity index (χ0n) is 11.4. The Morgan fingerprint density at radius 2 is 2.10 bits per heavy atom. The first kappa shape index (κ1) is 11.8. The van der Waals surface area contributed by atoms with Crippen LogP contribution in [0.1, 0.15) is 22.7 Å². The molecule has 20 heavy (non-hydrogen) atoms. The molecule has 0 bridgehead atoms. The van der Waals surface area contributed by atoms with E-state index in [-0.39, 0.29) is 5.75 Å². The number of methoxy groups -OCH3 is 1. The highest BCUT2D eigenvalue weighted by molar-refractivity contribution is 5.83. The molecule has 3 heteroatoms. The highest BCUT2D eigenvalue weighted by atomic mass is 16.5. The second-order valence-electron chi connectivity index (χ2n) is 5.49. The van der Waals surface area contributed by atoms with E-state index < -0.39 is 0 Å². The van der Waals surface area contributed by atoms with Crippen molar-refractivity contribution in [2.75, 3.05) is 13.7 Å². The predicted octanol–water partition coefficient (Wildman–Crippen LogP) is 2.81. The fourth-order valence-corrected chi connectivity index (χ4v) is 3.57. The predicted molar refractivity (Wildman–Crippen MR) is 78.2 cm³/mol. The number of rotatable bonds is 1. The zero-order valence-corrected chi connectivity index (χ0v) is 11.4. The van der Waals surface area contributed by atoms with Crippen LogP contribution in [0.5, 0.6) is 11.5 Å². The molecule has 0 unspecified atom stereocenters. The summed E-state index contributed by atoms with van der Waals surface area (Å²) in [6.45, 7) is 0.979. The van der Waals surface area contributed by atoms with Gasteiger partial charge in [0.05, 0.1) is 7.11 Å². The number of aromatic hydroxyl groups is 1. The van der Waals surface area contributed by atoms with Crippen molar-refractivity contribution in [2.24, 2.45) is 0 Å². The van der Waals surface area contributed by atoms with Crippen molar-refractivity contribution < 1.29 is 9.84 Å². The van der Waals surface area contributed by atoms with Crippen LogP contribution in [-0.2, 0) is 12.8 Å². The van der Waals surface area contributed by atoms with Crippen molar-refractivity contribution >= 4 is 0 Å². The van der Waals surface area contributed by atoms with Gasteiger partial charge >= 0.3 is 0 Å². The van der Waals surface area contributed by atoms with Crippen LogP contribution in [0.25, 0.3) is 11.1 Å². The van der Waals surface area contributed by atoms with Gasteiger partial charge < -0.3 is 15.2 Å². The molecular weight excluding hydrogens is 250 g/mol. The lowest BCUT2D eigenvalue weighted by Gasteiger charge is -2.35. The second kappa shape index (κ2) is 4.25. The molecule has 0 aromatic heterocycles. The third kappa shape index (κ3) is 1.50. The third-order valence-electron chi connectivity index (χ3n) is 4.46. The summed E-state index contributed by atoms with van der Waals surface area (Å²) >= 11 is 0. The fourth-order valence-electron chi connectivity index (χ4n) is 3.57. The van der Waals surface area contributed by atoms with Gasteiger partial charge in [-0.2, -0.15) is 0 Å². The number of nitrogens with one attached hydrogen (secondary N) is 1. The molecule has 1 heterocycles. The van der Waals surface area contributed by atoms with Crippen molar-refractivity contribution in [2.45, 2.75) is 18.9 Å². The molecule has 0 fully saturated rings. The van der Waals surface area contributed by atoms with Gasteiger partial charge in [-0.05, 0) is 47.7 Å². The minimum atomic E-state index is 0.270. The molecule has 2 aliphatic rings. The van der Waals surface area contributed by atoms with Gasteiger partial charge in [0, 0.05) is 11.6 Å². The second-order valence-corrected chi connectivity index (χ2v) is 5.49. The van der Waals surface area contributed by atoms with E-state index >= 15 is 0 Å². The lowest BCUT2D eigenvalue weighted by atomic mass is 9.77. The molecule has 1 aliphatic carbocycles.